The molecule has 182 valence electrons. The fourth-order valence-electron chi connectivity index (χ4n) is 3.00. The van der Waals surface area contributed by atoms with E-state index in [-0.39, 0.29) is 28.1 Å². The molecule has 35 heavy (non-hydrogen) atoms. The highest BCUT2D eigenvalue weighted by atomic mass is 35.5. The molecule has 0 fully saturated rings. The highest BCUT2D eigenvalue weighted by Gasteiger charge is 2.24. The number of rotatable bonds is 7. The monoisotopic (exact) mass is 540 g/mol. The van der Waals surface area contributed by atoms with Crippen LogP contribution in [0.5, 0.6) is 11.5 Å². The number of fused-ring (bicyclic) bond motifs is 1. The van der Waals surface area contributed by atoms with Gasteiger partial charge in [0.2, 0.25) is 6.79 Å². The number of amides is 1. The number of carbonyl (C=O) groups excluding carboxylic acids is 2. The van der Waals surface area contributed by atoms with Crippen molar-refractivity contribution in [3.8, 4) is 11.5 Å². The molecule has 1 amide bonds. The quantitative estimate of drug-likeness (QED) is 0.424. The Morgan fingerprint density at radius 2 is 1.63 bits per heavy atom. The zero-order chi connectivity index (χ0) is 25.2. The molecule has 1 aliphatic heterocycles. The summed E-state index contributed by atoms with van der Waals surface area (Å²) in [5, 5.41) is 2.08. The van der Waals surface area contributed by atoms with Gasteiger partial charge >= 0.3 is 5.97 Å². The lowest BCUT2D eigenvalue weighted by atomic mass is 10.2. The molecule has 0 saturated carbocycles. The number of benzene rings is 3. The Kier molecular flexibility index (Phi) is 7.01. The van der Waals surface area contributed by atoms with Crippen molar-refractivity contribution >= 4 is 56.5 Å². The van der Waals surface area contributed by atoms with Crippen LogP contribution < -0.4 is 19.5 Å². The second-order valence-corrected chi connectivity index (χ2v) is 9.53. The van der Waals surface area contributed by atoms with E-state index >= 15 is 0 Å². The van der Waals surface area contributed by atoms with Gasteiger partial charge in [-0.1, -0.05) is 23.2 Å². The molecule has 0 atom stereocenters. The van der Waals surface area contributed by atoms with Gasteiger partial charge in [0.1, 0.15) is 10.7 Å². The molecular weight excluding hydrogens is 526 g/mol. The third-order valence-corrected chi connectivity index (χ3v) is 6.78. The Morgan fingerprint density at radius 3 is 2.37 bits per heavy atom. The van der Waals surface area contributed by atoms with Gasteiger partial charge < -0.3 is 19.5 Å². The molecule has 4 rings (SSSR count). The standard InChI is InChI=1S/C22H15Cl2FN2O7S/c23-16-9-17(24)20(35(30,31)27-13-3-1-12(25)2-4-13)8-15(16)22(29)32-10-21(28)26-14-5-6-18-19(7-14)34-11-33-18/h1-9,27H,10-11H2,(H,26,28). The number of hydrogen-bond donors (Lipinski definition) is 2. The maximum atomic E-state index is 13.1. The van der Waals surface area contributed by atoms with Crippen LogP contribution in [-0.2, 0) is 19.6 Å². The minimum atomic E-state index is -4.28. The van der Waals surface area contributed by atoms with Crippen molar-refractivity contribution in [2.24, 2.45) is 0 Å². The number of carbonyl (C=O) groups is 2. The molecule has 0 spiro atoms. The van der Waals surface area contributed by atoms with E-state index in [1.807, 2.05) is 0 Å². The van der Waals surface area contributed by atoms with Crippen molar-refractivity contribution in [1.82, 2.24) is 0 Å². The summed E-state index contributed by atoms with van der Waals surface area (Å²) >= 11 is 12.1. The fraction of sp³-hybridized carbons (Fsp3) is 0.0909. The minimum absolute atomic E-state index is 0.0710. The normalized spacial score (nSPS) is 12.2. The molecule has 1 heterocycles. The summed E-state index contributed by atoms with van der Waals surface area (Å²) in [4.78, 5) is 24.3. The Labute approximate surface area is 208 Å². The molecule has 0 aromatic heterocycles. The van der Waals surface area contributed by atoms with Crippen molar-refractivity contribution in [2.75, 3.05) is 23.4 Å². The number of ether oxygens (including phenoxy) is 3. The van der Waals surface area contributed by atoms with Gasteiger partial charge in [0, 0.05) is 17.4 Å². The maximum absolute atomic E-state index is 13.1. The number of hydrogen-bond acceptors (Lipinski definition) is 7. The lowest BCUT2D eigenvalue weighted by Gasteiger charge is -2.12. The smallest absolute Gasteiger partial charge is 0.340 e. The van der Waals surface area contributed by atoms with E-state index in [1.54, 1.807) is 18.2 Å². The average molecular weight is 541 g/mol. The predicted molar refractivity (Wildman–Crippen MR) is 125 cm³/mol. The first-order valence-electron chi connectivity index (χ1n) is 9.76. The molecule has 2 N–H and O–H groups in total. The van der Waals surface area contributed by atoms with Crippen LogP contribution in [0.2, 0.25) is 10.0 Å². The van der Waals surface area contributed by atoms with E-state index in [2.05, 4.69) is 10.0 Å². The summed E-state index contributed by atoms with van der Waals surface area (Å²) in [5.74, 6) is -1.27. The zero-order valence-electron chi connectivity index (χ0n) is 17.5. The van der Waals surface area contributed by atoms with E-state index in [1.165, 1.54) is 12.1 Å². The van der Waals surface area contributed by atoms with E-state index in [0.29, 0.717) is 17.2 Å². The van der Waals surface area contributed by atoms with Gasteiger partial charge in [0.15, 0.2) is 18.1 Å². The predicted octanol–water partition coefficient (Wildman–Crippen LogP) is 4.46. The summed E-state index contributed by atoms with van der Waals surface area (Å²) in [6.45, 7) is -0.606. The van der Waals surface area contributed by atoms with Crippen LogP contribution in [0.4, 0.5) is 15.8 Å². The van der Waals surface area contributed by atoms with Crippen molar-refractivity contribution in [2.45, 2.75) is 4.90 Å². The van der Waals surface area contributed by atoms with Crippen LogP contribution in [0, 0.1) is 5.82 Å². The summed E-state index contributed by atoms with van der Waals surface area (Å²) in [7, 11) is -4.28. The average Bonchev–Trinajstić information content (AvgIpc) is 3.26. The third-order valence-electron chi connectivity index (χ3n) is 4.62. The second kappa shape index (κ2) is 9.98. The van der Waals surface area contributed by atoms with E-state index in [9.17, 15) is 22.4 Å². The Morgan fingerprint density at radius 1 is 0.943 bits per heavy atom. The first-order chi connectivity index (χ1) is 16.6. The molecule has 0 radical (unpaired) electrons. The number of esters is 1. The lowest BCUT2D eigenvalue weighted by Crippen LogP contribution is -2.21. The van der Waals surface area contributed by atoms with E-state index < -0.39 is 39.2 Å². The van der Waals surface area contributed by atoms with Gasteiger partial charge in [0.25, 0.3) is 15.9 Å². The molecule has 1 aliphatic rings. The SMILES string of the molecule is O=C(COC(=O)c1cc(S(=O)(=O)Nc2ccc(F)cc2)c(Cl)cc1Cl)Nc1ccc2c(c1)OCO2. The number of halogens is 3. The van der Waals surface area contributed by atoms with Crippen LogP contribution in [0.1, 0.15) is 10.4 Å². The molecule has 3 aromatic rings. The van der Waals surface area contributed by atoms with Gasteiger partial charge in [0.05, 0.1) is 15.6 Å². The third kappa shape index (κ3) is 5.76. The topological polar surface area (TPSA) is 120 Å². The van der Waals surface area contributed by atoms with Gasteiger partial charge in [-0.25, -0.2) is 17.6 Å². The zero-order valence-corrected chi connectivity index (χ0v) is 19.8. The lowest BCUT2D eigenvalue weighted by molar-refractivity contribution is -0.119. The van der Waals surface area contributed by atoms with E-state index in [0.717, 1.165) is 24.3 Å². The van der Waals surface area contributed by atoms with Crippen molar-refractivity contribution < 1.29 is 36.6 Å². The van der Waals surface area contributed by atoms with E-state index in [4.69, 9.17) is 37.4 Å². The molecular formula is C22H15Cl2FN2O7S. The molecule has 3 aromatic carbocycles. The van der Waals surface area contributed by atoms with Crippen LogP contribution in [0.15, 0.2) is 59.5 Å². The first-order valence-corrected chi connectivity index (χ1v) is 12.0. The number of anilines is 2. The van der Waals surface area contributed by atoms with Crippen LogP contribution in [0.3, 0.4) is 0 Å². The number of nitrogens with one attached hydrogen (secondary N) is 2. The Bertz CT molecular complexity index is 1420. The summed E-state index contributed by atoms with van der Waals surface area (Å²) in [5.41, 5.74) is 0.133. The largest absolute Gasteiger partial charge is 0.454 e. The van der Waals surface area contributed by atoms with Crippen LogP contribution in [-0.4, -0.2) is 33.7 Å². The van der Waals surface area contributed by atoms with Crippen molar-refractivity contribution in [3.63, 3.8) is 0 Å². The summed E-state index contributed by atoms with van der Waals surface area (Å²) in [6.07, 6.45) is 0. The highest BCUT2D eigenvalue weighted by molar-refractivity contribution is 7.92. The van der Waals surface area contributed by atoms with Crippen molar-refractivity contribution in [1.29, 1.82) is 0 Å². The van der Waals surface area contributed by atoms with Crippen LogP contribution >= 0.6 is 23.2 Å². The number of sulfonamides is 1. The van der Waals surface area contributed by atoms with Gasteiger partial charge in [-0.3, -0.25) is 9.52 Å². The molecule has 0 unspecified atom stereocenters. The molecule has 0 saturated heterocycles. The second-order valence-electron chi connectivity index (χ2n) is 7.07. The summed E-state index contributed by atoms with van der Waals surface area (Å²) in [6, 6.07) is 11.3. The molecule has 0 bridgehead atoms. The van der Waals surface area contributed by atoms with Crippen LogP contribution in [0.25, 0.3) is 0 Å². The maximum Gasteiger partial charge on any atom is 0.340 e. The van der Waals surface area contributed by atoms with Gasteiger partial charge in [-0.05, 0) is 48.5 Å². The minimum Gasteiger partial charge on any atom is -0.454 e. The summed E-state index contributed by atoms with van der Waals surface area (Å²) < 4.78 is 56.3. The fourth-order valence-corrected chi connectivity index (χ4v) is 4.91. The van der Waals surface area contributed by atoms with Gasteiger partial charge in [-0.15, -0.1) is 0 Å². The molecule has 9 nitrogen and oxygen atoms in total. The highest BCUT2D eigenvalue weighted by Crippen LogP contribution is 2.34. The van der Waals surface area contributed by atoms with Crippen molar-refractivity contribution in [3.05, 3.63) is 76.0 Å². The molecule has 13 heteroatoms. The first kappa shape index (κ1) is 24.6. The van der Waals surface area contributed by atoms with Gasteiger partial charge in [-0.2, -0.15) is 0 Å². The Balaban J connectivity index is 1.45. The molecule has 0 aliphatic carbocycles. The Hall–Kier alpha value is -3.54.